The number of amides is 1. The van der Waals surface area contributed by atoms with Gasteiger partial charge in [0.05, 0.1) is 11.5 Å². The van der Waals surface area contributed by atoms with Crippen LogP contribution in [-0.2, 0) is 33.9 Å². The molecule has 11 heteroatoms. The molecule has 0 aromatic heterocycles. The van der Waals surface area contributed by atoms with Crippen LogP contribution in [0.25, 0.3) is 0 Å². The highest BCUT2D eigenvalue weighted by Crippen LogP contribution is 2.15. The van der Waals surface area contributed by atoms with E-state index in [9.17, 15) is 22.8 Å². The van der Waals surface area contributed by atoms with E-state index in [4.69, 9.17) is 21.1 Å². The highest BCUT2D eigenvalue weighted by Gasteiger charge is 2.26. The minimum Gasteiger partial charge on any atom is -0.465 e. The Kier molecular flexibility index (Phi) is 9.18. The summed E-state index contributed by atoms with van der Waals surface area (Å²) in [6.07, 6.45) is 0. The summed E-state index contributed by atoms with van der Waals surface area (Å²) in [5.74, 6) is -2.26. The topological polar surface area (TPSA) is 119 Å². The Labute approximate surface area is 191 Å². The number of para-hydroxylation sites is 1. The number of anilines is 1. The zero-order valence-corrected chi connectivity index (χ0v) is 19.1. The van der Waals surface area contributed by atoms with E-state index in [2.05, 4.69) is 4.72 Å². The number of carbonyl (C=O) groups excluding carboxylic acids is 3. The standard InChI is InChI=1S/C21H23ClN2O7S/c1-3-30-20(26)13-24(17-7-5-4-6-8-17)19(25)14-31-21(27)15(2)23-32(28,29)18-11-9-16(22)10-12-18/h4-12,15,23H,3,13-14H2,1-2H3. The second-order valence-corrected chi connectivity index (χ2v) is 8.68. The highest BCUT2D eigenvalue weighted by molar-refractivity contribution is 7.89. The van der Waals surface area contributed by atoms with Crippen LogP contribution in [0.2, 0.25) is 5.02 Å². The third kappa shape index (κ3) is 7.33. The van der Waals surface area contributed by atoms with E-state index in [-0.39, 0.29) is 18.0 Å². The van der Waals surface area contributed by atoms with Crippen molar-refractivity contribution in [2.75, 3.05) is 24.7 Å². The van der Waals surface area contributed by atoms with Gasteiger partial charge in [-0.2, -0.15) is 4.72 Å². The van der Waals surface area contributed by atoms with E-state index >= 15 is 0 Å². The molecule has 0 aliphatic heterocycles. The summed E-state index contributed by atoms with van der Waals surface area (Å²) in [7, 11) is -4.01. The zero-order chi connectivity index (χ0) is 23.7. The number of benzene rings is 2. The van der Waals surface area contributed by atoms with Gasteiger partial charge in [0.15, 0.2) is 6.61 Å². The molecule has 2 aromatic rings. The summed E-state index contributed by atoms with van der Waals surface area (Å²) >= 11 is 5.75. The number of sulfonamides is 1. The Morgan fingerprint density at radius 1 is 1.03 bits per heavy atom. The van der Waals surface area contributed by atoms with Crippen LogP contribution >= 0.6 is 11.6 Å². The van der Waals surface area contributed by atoms with Crippen LogP contribution in [0, 0.1) is 0 Å². The number of nitrogens with one attached hydrogen (secondary N) is 1. The average Bonchev–Trinajstić information content (AvgIpc) is 2.76. The van der Waals surface area contributed by atoms with Crippen molar-refractivity contribution in [1.29, 1.82) is 0 Å². The van der Waals surface area contributed by atoms with Gasteiger partial charge in [0.1, 0.15) is 12.6 Å². The van der Waals surface area contributed by atoms with Crippen molar-refractivity contribution >= 4 is 45.2 Å². The maximum absolute atomic E-state index is 12.6. The average molecular weight is 483 g/mol. The van der Waals surface area contributed by atoms with Crippen LogP contribution in [0.4, 0.5) is 5.69 Å². The molecule has 2 aromatic carbocycles. The van der Waals surface area contributed by atoms with Crippen molar-refractivity contribution in [3.8, 4) is 0 Å². The first kappa shape index (κ1) is 25.3. The summed E-state index contributed by atoms with van der Waals surface area (Å²) < 4.78 is 36.8. The molecule has 0 spiro atoms. The van der Waals surface area contributed by atoms with E-state index in [1.165, 1.54) is 31.2 Å². The maximum atomic E-state index is 12.6. The lowest BCUT2D eigenvalue weighted by molar-refractivity contribution is -0.149. The SMILES string of the molecule is CCOC(=O)CN(C(=O)COC(=O)C(C)NS(=O)(=O)c1ccc(Cl)cc1)c1ccccc1. The van der Waals surface area contributed by atoms with Gasteiger partial charge in [0.2, 0.25) is 10.0 Å². The van der Waals surface area contributed by atoms with Crippen molar-refractivity contribution in [1.82, 2.24) is 4.72 Å². The molecule has 2 rings (SSSR count). The largest absolute Gasteiger partial charge is 0.465 e. The monoisotopic (exact) mass is 482 g/mol. The first-order valence-corrected chi connectivity index (χ1v) is 11.5. The lowest BCUT2D eigenvalue weighted by Gasteiger charge is -2.22. The number of hydrogen-bond acceptors (Lipinski definition) is 7. The van der Waals surface area contributed by atoms with E-state index in [0.29, 0.717) is 10.7 Å². The molecule has 0 aliphatic carbocycles. The van der Waals surface area contributed by atoms with E-state index in [1.54, 1.807) is 37.3 Å². The molecule has 1 unspecified atom stereocenters. The molecule has 172 valence electrons. The van der Waals surface area contributed by atoms with E-state index < -0.39 is 40.5 Å². The number of halogens is 1. The molecule has 0 radical (unpaired) electrons. The molecule has 0 aliphatic rings. The van der Waals surface area contributed by atoms with E-state index in [0.717, 1.165) is 4.90 Å². The summed E-state index contributed by atoms with van der Waals surface area (Å²) in [5.41, 5.74) is 0.415. The van der Waals surface area contributed by atoms with Gasteiger partial charge >= 0.3 is 11.9 Å². The first-order chi connectivity index (χ1) is 15.1. The van der Waals surface area contributed by atoms with Gasteiger partial charge in [-0.05, 0) is 50.2 Å². The van der Waals surface area contributed by atoms with Crippen molar-refractivity contribution in [2.24, 2.45) is 0 Å². The summed E-state index contributed by atoms with van der Waals surface area (Å²) in [5, 5.41) is 0.362. The van der Waals surface area contributed by atoms with Crippen LogP contribution in [0.3, 0.4) is 0 Å². The highest BCUT2D eigenvalue weighted by atomic mass is 35.5. The second kappa shape index (κ2) is 11.6. The van der Waals surface area contributed by atoms with Crippen LogP contribution in [0.15, 0.2) is 59.5 Å². The fourth-order valence-electron chi connectivity index (χ4n) is 2.57. The Balaban J connectivity index is 2.01. The molecule has 0 saturated heterocycles. The van der Waals surface area contributed by atoms with Crippen molar-refractivity contribution < 1.29 is 32.3 Å². The summed E-state index contributed by atoms with van der Waals surface area (Å²) in [6, 6.07) is 12.5. The zero-order valence-electron chi connectivity index (χ0n) is 17.5. The predicted octanol–water partition coefficient (Wildman–Crippen LogP) is 2.15. The molecule has 0 bridgehead atoms. The third-order valence-electron chi connectivity index (χ3n) is 4.11. The normalized spacial score (nSPS) is 12.0. The van der Waals surface area contributed by atoms with Gasteiger partial charge in [0, 0.05) is 10.7 Å². The van der Waals surface area contributed by atoms with Crippen LogP contribution in [0.1, 0.15) is 13.8 Å². The van der Waals surface area contributed by atoms with Gasteiger partial charge in [-0.1, -0.05) is 29.8 Å². The van der Waals surface area contributed by atoms with Crippen LogP contribution < -0.4 is 9.62 Å². The lowest BCUT2D eigenvalue weighted by Crippen LogP contribution is -2.42. The Hall–Kier alpha value is -2.95. The molecule has 0 fully saturated rings. The van der Waals surface area contributed by atoms with Crippen molar-refractivity contribution in [2.45, 2.75) is 24.8 Å². The quantitative estimate of drug-likeness (QED) is 0.515. The minimum atomic E-state index is -4.01. The second-order valence-electron chi connectivity index (χ2n) is 6.53. The third-order valence-corrected chi connectivity index (χ3v) is 5.92. The predicted molar refractivity (Wildman–Crippen MR) is 118 cm³/mol. The smallest absolute Gasteiger partial charge is 0.326 e. The number of rotatable bonds is 10. The van der Waals surface area contributed by atoms with Crippen molar-refractivity contribution in [3.63, 3.8) is 0 Å². The van der Waals surface area contributed by atoms with Gasteiger partial charge in [0.25, 0.3) is 5.91 Å². The molecule has 1 amide bonds. The number of carbonyl (C=O) groups is 3. The molecule has 1 N–H and O–H groups in total. The van der Waals surface area contributed by atoms with Crippen LogP contribution in [-0.4, -0.2) is 52.1 Å². The molecule has 1 atom stereocenters. The molecule has 9 nitrogen and oxygen atoms in total. The minimum absolute atomic E-state index is 0.0812. The molecule has 32 heavy (non-hydrogen) atoms. The Bertz CT molecular complexity index is 1040. The fraction of sp³-hybridized carbons (Fsp3) is 0.286. The van der Waals surface area contributed by atoms with Gasteiger partial charge < -0.3 is 9.47 Å². The Morgan fingerprint density at radius 3 is 2.25 bits per heavy atom. The summed E-state index contributed by atoms with van der Waals surface area (Å²) in [6.45, 7) is 2.01. The maximum Gasteiger partial charge on any atom is 0.326 e. The Morgan fingerprint density at radius 2 is 1.66 bits per heavy atom. The lowest BCUT2D eigenvalue weighted by atomic mass is 10.3. The number of ether oxygens (including phenoxy) is 2. The number of esters is 2. The fourth-order valence-corrected chi connectivity index (χ4v) is 3.88. The van der Waals surface area contributed by atoms with Crippen molar-refractivity contribution in [3.05, 3.63) is 59.6 Å². The van der Waals surface area contributed by atoms with Gasteiger partial charge in [-0.3, -0.25) is 19.3 Å². The first-order valence-electron chi connectivity index (χ1n) is 9.59. The number of nitrogens with zero attached hydrogens (tertiary/aromatic N) is 1. The van der Waals surface area contributed by atoms with Gasteiger partial charge in [-0.25, -0.2) is 8.42 Å². The summed E-state index contributed by atoms with van der Waals surface area (Å²) in [4.78, 5) is 37.8. The molecule has 0 saturated carbocycles. The van der Waals surface area contributed by atoms with E-state index in [1.807, 2.05) is 0 Å². The van der Waals surface area contributed by atoms with Gasteiger partial charge in [-0.15, -0.1) is 0 Å². The number of hydrogen-bond donors (Lipinski definition) is 1. The molecule has 0 heterocycles. The molecular weight excluding hydrogens is 460 g/mol. The van der Waals surface area contributed by atoms with Crippen LogP contribution in [0.5, 0.6) is 0 Å². The molecular formula is C21H23ClN2O7S.